The lowest BCUT2D eigenvalue weighted by Crippen LogP contribution is -2.44. The molecule has 0 N–H and O–H groups in total. The van der Waals surface area contributed by atoms with E-state index in [4.69, 9.17) is 21.1 Å². The fourth-order valence-corrected chi connectivity index (χ4v) is 2.33. The molecule has 0 aliphatic carbocycles. The summed E-state index contributed by atoms with van der Waals surface area (Å²) < 4.78 is 11.0. The first-order valence-electron chi connectivity index (χ1n) is 6.83. The van der Waals surface area contributed by atoms with Crippen molar-refractivity contribution in [2.75, 3.05) is 19.8 Å². The second-order valence-electron chi connectivity index (χ2n) is 5.63. The van der Waals surface area contributed by atoms with Crippen molar-refractivity contribution in [3.8, 4) is 23.1 Å². The van der Waals surface area contributed by atoms with Gasteiger partial charge in [-0.1, -0.05) is 6.92 Å². The number of hydrogen-bond donors (Lipinski definition) is 0. The highest BCUT2D eigenvalue weighted by atomic mass is 35.5. The fraction of sp³-hybridized carbons (Fsp3) is 0.312. The van der Waals surface area contributed by atoms with E-state index < -0.39 is 0 Å². The smallest absolute Gasteiger partial charge is 0.222 e. The third-order valence-corrected chi connectivity index (χ3v) is 3.68. The molecule has 1 aromatic carbocycles. The van der Waals surface area contributed by atoms with Crippen molar-refractivity contribution >= 4 is 11.6 Å². The molecule has 5 nitrogen and oxygen atoms in total. The second-order valence-corrected chi connectivity index (χ2v) is 5.96. The zero-order valence-electron chi connectivity index (χ0n) is 12.0. The van der Waals surface area contributed by atoms with Crippen LogP contribution >= 0.6 is 11.6 Å². The Morgan fingerprint density at radius 2 is 2.23 bits per heavy atom. The van der Waals surface area contributed by atoms with Crippen LogP contribution in [0.3, 0.4) is 0 Å². The maximum Gasteiger partial charge on any atom is 0.222 e. The first kappa shape index (κ1) is 14.8. The van der Waals surface area contributed by atoms with Crippen LogP contribution in [0.5, 0.6) is 5.75 Å². The molecule has 0 bridgehead atoms. The summed E-state index contributed by atoms with van der Waals surface area (Å²) in [5, 5.41) is 9.51. The van der Waals surface area contributed by atoms with Crippen molar-refractivity contribution in [2.45, 2.75) is 6.92 Å². The average molecular weight is 316 g/mol. The molecule has 3 rings (SSSR count). The molecule has 2 heterocycles. The van der Waals surface area contributed by atoms with Gasteiger partial charge in [-0.2, -0.15) is 5.26 Å². The zero-order valence-corrected chi connectivity index (χ0v) is 12.8. The Morgan fingerprint density at radius 3 is 2.86 bits per heavy atom. The van der Waals surface area contributed by atoms with Crippen molar-refractivity contribution in [1.82, 2.24) is 9.97 Å². The van der Waals surface area contributed by atoms with Gasteiger partial charge in [0, 0.05) is 17.2 Å². The summed E-state index contributed by atoms with van der Waals surface area (Å²) >= 11 is 5.80. The van der Waals surface area contributed by atoms with E-state index in [1.165, 1.54) is 0 Å². The van der Waals surface area contributed by atoms with E-state index in [1.807, 2.05) is 6.07 Å². The fourth-order valence-electron chi connectivity index (χ4n) is 2.18. The van der Waals surface area contributed by atoms with Crippen LogP contribution in [0.4, 0.5) is 0 Å². The Bertz CT molecular complexity index is 738. The summed E-state index contributed by atoms with van der Waals surface area (Å²) in [7, 11) is 0. The van der Waals surface area contributed by atoms with Crippen LogP contribution < -0.4 is 4.74 Å². The molecule has 0 spiro atoms. The Morgan fingerprint density at radius 1 is 1.41 bits per heavy atom. The minimum Gasteiger partial charge on any atom is -0.491 e. The minimum absolute atomic E-state index is 0.0333. The van der Waals surface area contributed by atoms with E-state index >= 15 is 0 Å². The van der Waals surface area contributed by atoms with Gasteiger partial charge in [0.1, 0.15) is 11.8 Å². The maximum atomic E-state index is 9.33. The molecule has 1 aromatic heterocycles. The molecule has 0 unspecified atom stereocenters. The monoisotopic (exact) mass is 315 g/mol. The van der Waals surface area contributed by atoms with Gasteiger partial charge < -0.3 is 9.47 Å². The number of nitriles is 1. The first-order valence-corrected chi connectivity index (χ1v) is 7.21. The van der Waals surface area contributed by atoms with Crippen LogP contribution in [0.25, 0.3) is 11.3 Å². The number of halogens is 1. The average Bonchev–Trinajstić information content (AvgIpc) is 2.51. The summed E-state index contributed by atoms with van der Waals surface area (Å²) in [5.74, 6) is 0.569. The van der Waals surface area contributed by atoms with Gasteiger partial charge in [0.05, 0.1) is 31.1 Å². The summed E-state index contributed by atoms with van der Waals surface area (Å²) in [4.78, 5) is 7.99. The van der Waals surface area contributed by atoms with Crippen molar-refractivity contribution in [3.05, 3.63) is 41.3 Å². The number of hydrogen-bond acceptors (Lipinski definition) is 5. The second kappa shape index (κ2) is 5.91. The largest absolute Gasteiger partial charge is 0.491 e. The van der Waals surface area contributed by atoms with Gasteiger partial charge in [0.25, 0.3) is 0 Å². The molecule has 112 valence electrons. The topological polar surface area (TPSA) is 68.0 Å². The molecule has 0 saturated carbocycles. The quantitative estimate of drug-likeness (QED) is 0.811. The van der Waals surface area contributed by atoms with Crippen molar-refractivity contribution in [3.63, 3.8) is 0 Å². The summed E-state index contributed by atoms with van der Waals surface area (Å²) in [6.45, 7) is 4.00. The molecule has 22 heavy (non-hydrogen) atoms. The number of rotatable bonds is 4. The standard InChI is InChI=1S/C16H14ClN3O2/c1-16(8-21-9-16)10-22-14-3-2-11(6-12(14)7-18)13-4-5-19-15(17)20-13/h2-6H,8-10H2,1H3. The predicted octanol–water partition coefficient (Wildman–Crippen LogP) is 3.08. The van der Waals surface area contributed by atoms with E-state index in [0.29, 0.717) is 36.8 Å². The maximum absolute atomic E-state index is 9.33. The van der Waals surface area contributed by atoms with Crippen LogP contribution in [0, 0.1) is 16.7 Å². The Labute approximate surface area is 133 Å². The Hall–Kier alpha value is -2.16. The summed E-state index contributed by atoms with van der Waals surface area (Å²) in [5.41, 5.74) is 1.97. The Balaban J connectivity index is 1.83. The van der Waals surface area contributed by atoms with Crippen LogP contribution in [-0.2, 0) is 4.74 Å². The van der Waals surface area contributed by atoms with E-state index in [9.17, 15) is 5.26 Å². The van der Waals surface area contributed by atoms with E-state index in [0.717, 1.165) is 5.56 Å². The zero-order chi connectivity index (χ0) is 15.6. The molecule has 0 amide bonds. The molecule has 1 aliphatic heterocycles. The third-order valence-electron chi connectivity index (χ3n) is 3.50. The van der Waals surface area contributed by atoms with Gasteiger partial charge in [-0.3, -0.25) is 0 Å². The minimum atomic E-state index is 0.0333. The van der Waals surface area contributed by atoms with Crippen LogP contribution in [0.15, 0.2) is 30.5 Å². The van der Waals surface area contributed by atoms with Gasteiger partial charge in [-0.15, -0.1) is 0 Å². The van der Waals surface area contributed by atoms with Crippen LogP contribution in [0.1, 0.15) is 12.5 Å². The summed E-state index contributed by atoms with van der Waals surface area (Å²) in [6.07, 6.45) is 1.58. The van der Waals surface area contributed by atoms with E-state index in [1.54, 1.807) is 24.4 Å². The van der Waals surface area contributed by atoms with E-state index in [-0.39, 0.29) is 10.7 Å². The van der Waals surface area contributed by atoms with Gasteiger partial charge >= 0.3 is 0 Å². The summed E-state index contributed by atoms with van der Waals surface area (Å²) in [6, 6.07) is 9.29. The number of ether oxygens (including phenoxy) is 2. The lowest BCUT2D eigenvalue weighted by atomic mass is 9.90. The molecule has 0 radical (unpaired) electrons. The Kier molecular flexibility index (Phi) is 3.97. The molecular formula is C16H14ClN3O2. The number of benzene rings is 1. The van der Waals surface area contributed by atoms with Crippen molar-refractivity contribution < 1.29 is 9.47 Å². The molecule has 6 heteroatoms. The van der Waals surface area contributed by atoms with Gasteiger partial charge in [-0.05, 0) is 35.9 Å². The SMILES string of the molecule is CC1(COc2ccc(-c3ccnc(Cl)n3)cc2C#N)COC1. The highest BCUT2D eigenvalue weighted by Gasteiger charge is 2.34. The van der Waals surface area contributed by atoms with Crippen LogP contribution in [-0.4, -0.2) is 29.8 Å². The van der Waals surface area contributed by atoms with Gasteiger partial charge in [-0.25, -0.2) is 9.97 Å². The molecule has 2 aromatic rings. The highest BCUT2D eigenvalue weighted by molar-refractivity contribution is 6.28. The normalized spacial score (nSPS) is 15.7. The van der Waals surface area contributed by atoms with Crippen LogP contribution in [0.2, 0.25) is 5.28 Å². The lowest BCUT2D eigenvalue weighted by molar-refractivity contribution is -0.120. The lowest BCUT2D eigenvalue weighted by Gasteiger charge is -2.37. The van der Waals surface area contributed by atoms with E-state index in [2.05, 4.69) is 23.0 Å². The van der Waals surface area contributed by atoms with Gasteiger partial charge in [0.15, 0.2) is 0 Å². The molecule has 0 atom stereocenters. The molecular weight excluding hydrogens is 302 g/mol. The third kappa shape index (κ3) is 3.03. The highest BCUT2D eigenvalue weighted by Crippen LogP contribution is 2.30. The predicted molar refractivity (Wildman–Crippen MR) is 81.6 cm³/mol. The number of nitrogens with zero attached hydrogens (tertiary/aromatic N) is 3. The van der Waals surface area contributed by atoms with Crippen molar-refractivity contribution in [1.29, 1.82) is 5.26 Å². The molecule has 1 saturated heterocycles. The molecule has 1 fully saturated rings. The van der Waals surface area contributed by atoms with Crippen molar-refractivity contribution in [2.24, 2.45) is 5.41 Å². The molecule has 1 aliphatic rings. The number of aromatic nitrogens is 2. The first-order chi connectivity index (χ1) is 10.6. The van der Waals surface area contributed by atoms with Gasteiger partial charge in [0.2, 0.25) is 5.28 Å².